The molecule has 3 aromatic carbocycles. The van der Waals surface area contributed by atoms with Crippen LogP contribution in [0, 0.1) is 0 Å². The fraction of sp³-hybridized carbons (Fsp3) is 0.154. The van der Waals surface area contributed by atoms with Crippen LogP contribution in [0.5, 0.6) is 17.2 Å². The summed E-state index contributed by atoms with van der Waals surface area (Å²) in [5, 5.41) is 21.3. The van der Waals surface area contributed by atoms with Crippen molar-refractivity contribution in [3.63, 3.8) is 0 Å². The topological polar surface area (TPSA) is 96.3 Å². The maximum atomic E-state index is 13.2. The van der Waals surface area contributed by atoms with Gasteiger partial charge in [0, 0.05) is 12.1 Å². The second-order valence-corrected chi connectivity index (χ2v) is 7.87. The fourth-order valence-corrected chi connectivity index (χ4v) is 4.21. The lowest BCUT2D eigenvalue weighted by atomic mass is 9.95. The van der Waals surface area contributed by atoms with E-state index in [1.54, 1.807) is 30.3 Å². The van der Waals surface area contributed by atoms with Crippen molar-refractivity contribution < 1.29 is 29.3 Å². The van der Waals surface area contributed by atoms with Crippen LogP contribution in [0.15, 0.2) is 78.4 Å². The van der Waals surface area contributed by atoms with Gasteiger partial charge in [-0.05, 0) is 41.5 Å². The van der Waals surface area contributed by atoms with E-state index in [2.05, 4.69) is 0 Å². The lowest BCUT2D eigenvalue weighted by molar-refractivity contribution is -0.140. The molecule has 2 heterocycles. The molecule has 166 valence electrons. The van der Waals surface area contributed by atoms with E-state index in [9.17, 15) is 19.8 Å². The number of carbonyl (C=O) groups is 2. The van der Waals surface area contributed by atoms with Gasteiger partial charge in [0.15, 0.2) is 11.5 Å². The molecule has 0 radical (unpaired) electrons. The Balaban J connectivity index is 1.64. The van der Waals surface area contributed by atoms with Crippen LogP contribution in [0.4, 0.5) is 0 Å². The number of carbonyl (C=O) groups excluding carboxylic acids is 2. The molecule has 2 aliphatic rings. The molecule has 3 aromatic rings. The molecule has 1 amide bonds. The van der Waals surface area contributed by atoms with E-state index in [4.69, 9.17) is 9.47 Å². The molecule has 2 N–H and O–H groups in total. The first kappa shape index (κ1) is 20.6. The second kappa shape index (κ2) is 8.35. The first-order chi connectivity index (χ1) is 16.0. The van der Waals surface area contributed by atoms with Gasteiger partial charge >= 0.3 is 0 Å². The Labute approximate surface area is 190 Å². The monoisotopic (exact) mass is 443 g/mol. The van der Waals surface area contributed by atoms with Gasteiger partial charge in [0.2, 0.25) is 0 Å². The smallest absolute Gasteiger partial charge is 0.295 e. The van der Waals surface area contributed by atoms with Crippen LogP contribution in [0.3, 0.4) is 0 Å². The van der Waals surface area contributed by atoms with Crippen molar-refractivity contribution in [2.24, 2.45) is 0 Å². The number of aromatic hydroxyl groups is 1. The standard InChI is InChI=1S/C26H21NO6/c28-19-8-4-7-17(13-19)23-22(24(29)18-9-10-20-21(14-18)33-12-11-32-20)25(30)26(31)27(23)15-16-5-2-1-3-6-16/h1-10,13-14,23,28-29H,11-12,15H2/t23-/m1/s1. The van der Waals surface area contributed by atoms with Crippen LogP contribution in [0.1, 0.15) is 22.7 Å². The SMILES string of the molecule is O=C1C(=O)N(Cc2ccccc2)[C@H](c2cccc(O)c2)C1=C(O)c1ccc2c(c1)OCCO2. The molecule has 7 heteroatoms. The van der Waals surface area contributed by atoms with Crippen LogP contribution in [-0.2, 0) is 16.1 Å². The van der Waals surface area contributed by atoms with Crippen molar-refractivity contribution in [3.05, 3.63) is 95.1 Å². The molecule has 0 saturated carbocycles. The number of ketones is 1. The van der Waals surface area contributed by atoms with Gasteiger partial charge in [-0.15, -0.1) is 0 Å². The van der Waals surface area contributed by atoms with Gasteiger partial charge in [0.05, 0.1) is 11.6 Å². The summed E-state index contributed by atoms with van der Waals surface area (Å²) in [7, 11) is 0. The van der Waals surface area contributed by atoms with Crippen molar-refractivity contribution in [3.8, 4) is 17.2 Å². The second-order valence-electron chi connectivity index (χ2n) is 7.87. The third-order valence-corrected chi connectivity index (χ3v) is 5.74. The molecule has 2 aliphatic heterocycles. The molecule has 1 saturated heterocycles. The number of Topliss-reactive ketones (excluding diaryl/α,β-unsaturated/α-hetero) is 1. The quantitative estimate of drug-likeness (QED) is 0.362. The molecule has 7 nitrogen and oxygen atoms in total. The number of aliphatic hydroxyl groups is 1. The number of phenolic OH excluding ortho intramolecular Hbond substituents is 1. The molecular weight excluding hydrogens is 422 g/mol. The highest BCUT2D eigenvalue weighted by Crippen LogP contribution is 2.42. The first-order valence-electron chi connectivity index (χ1n) is 10.5. The maximum absolute atomic E-state index is 13.2. The van der Waals surface area contributed by atoms with E-state index in [1.165, 1.54) is 17.0 Å². The number of hydrogen-bond donors (Lipinski definition) is 2. The fourth-order valence-electron chi connectivity index (χ4n) is 4.21. The van der Waals surface area contributed by atoms with Gasteiger partial charge in [-0.25, -0.2) is 0 Å². The number of phenols is 1. The average molecular weight is 443 g/mol. The Morgan fingerprint density at radius 2 is 1.67 bits per heavy atom. The van der Waals surface area contributed by atoms with Gasteiger partial charge in [-0.1, -0.05) is 42.5 Å². The van der Waals surface area contributed by atoms with Crippen molar-refractivity contribution in [2.45, 2.75) is 12.6 Å². The summed E-state index contributed by atoms with van der Waals surface area (Å²) in [5.74, 6) is -0.811. The number of hydrogen-bond acceptors (Lipinski definition) is 6. The van der Waals surface area contributed by atoms with E-state index in [0.29, 0.717) is 35.8 Å². The van der Waals surface area contributed by atoms with Crippen LogP contribution in [-0.4, -0.2) is 40.0 Å². The van der Waals surface area contributed by atoms with Crippen LogP contribution in [0.2, 0.25) is 0 Å². The zero-order valence-corrected chi connectivity index (χ0v) is 17.6. The minimum absolute atomic E-state index is 0.00266. The molecule has 33 heavy (non-hydrogen) atoms. The number of rotatable bonds is 4. The summed E-state index contributed by atoms with van der Waals surface area (Å²) in [6.07, 6.45) is 0. The molecule has 1 fully saturated rings. The Morgan fingerprint density at radius 1 is 0.909 bits per heavy atom. The average Bonchev–Trinajstić information content (AvgIpc) is 3.09. The summed E-state index contributed by atoms with van der Waals surface area (Å²) >= 11 is 0. The molecule has 0 aliphatic carbocycles. The number of benzene rings is 3. The molecule has 0 spiro atoms. The first-order valence-corrected chi connectivity index (χ1v) is 10.5. The number of likely N-dealkylation sites (tertiary alicyclic amines) is 1. The van der Waals surface area contributed by atoms with E-state index in [-0.39, 0.29) is 23.6 Å². The van der Waals surface area contributed by atoms with Gasteiger partial charge < -0.3 is 24.6 Å². The molecule has 0 unspecified atom stereocenters. The Morgan fingerprint density at radius 3 is 2.42 bits per heavy atom. The van der Waals surface area contributed by atoms with E-state index >= 15 is 0 Å². The van der Waals surface area contributed by atoms with E-state index in [1.807, 2.05) is 30.3 Å². The molecule has 1 atom stereocenters. The summed E-state index contributed by atoms with van der Waals surface area (Å²) in [4.78, 5) is 27.6. The molecule has 0 bridgehead atoms. The lowest BCUT2D eigenvalue weighted by Gasteiger charge is -2.25. The molecular formula is C26H21NO6. The number of nitrogens with zero attached hydrogens (tertiary/aromatic N) is 1. The third-order valence-electron chi connectivity index (χ3n) is 5.74. The predicted octanol–water partition coefficient (Wildman–Crippen LogP) is 3.79. The minimum Gasteiger partial charge on any atom is -0.508 e. The third kappa shape index (κ3) is 3.78. The highest BCUT2D eigenvalue weighted by Gasteiger charge is 2.46. The predicted molar refractivity (Wildman–Crippen MR) is 120 cm³/mol. The molecule has 5 rings (SSSR count). The van der Waals surface area contributed by atoms with E-state index in [0.717, 1.165) is 5.56 Å². The number of ether oxygens (including phenoxy) is 2. The Hall–Kier alpha value is -4.26. The minimum atomic E-state index is -0.870. The van der Waals surface area contributed by atoms with Crippen LogP contribution >= 0.6 is 0 Å². The number of aliphatic hydroxyl groups excluding tert-OH is 1. The zero-order chi connectivity index (χ0) is 22.9. The van der Waals surface area contributed by atoms with Crippen molar-refractivity contribution in [1.82, 2.24) is 4.90 Å². The normalized spacial score (nSPS) is 19.0. The van der Waals surface area contributed by atoms with Crippen molar-refractivity contribution in [1.29, 1.82) is 0 Å². The van der Waals surface area contributed by atoms with Gasteiger partial charge in [-0.3, -0.25) is 9.59 Å². The zero-order valence-electron chi connectivity index (χ0n) is 17.6. The Kier molecular flexibility index (Phi) is 5.22. The summed E-state index contributed by atoms with van der Waals surface area (Å²) in [5.41, 5.74) is 1.65. The Bertz CT molecular complexity index is 1270. The highest BCUT2D eigenvalue weighted by atomic mass is 16.6. The van der Waals surface area contributed by atoms with E-state index < -0.39 is 17.7 Å². The van der Waals surface area contributed by atoms with Crippen LogP contribution < -0.4 is 9.47 Å². The summed E-state index contributed by atoms with van der Waals surface area (Å²) < 4.78 is 11.1. The number of fused-ring (bicyclic) bond motifs is 1. The maximum Gasteiger partial charge on any atom is 0.295 e. The van der Waals surface area contributed by atoms with Gasteiger partial charge in [0.1, 0.15) is 24.7 Å². The van der Waals surface area contributed by atoms with Crippen molar-refractivity contribution >= 4 is 17.4 Å². The van der Waals surface area contributed by atoms with Crippen LogP contribution in [0.25, 0.3) is 5.76 Å². The lowest BCUT2D eigenvalue weighted by Crippen LogP contribution is -2.29. The molecule has 0 aromatic heterocycles. The highest BCUT2D eigenvalue weighted by molar-refractivity contribution is 6.46. The van der Waals surface area contributed by atoms with Gasteiger partial charge in [0.25, 0.3) is 11.7 Å². The number of amides is 1. The summed E-state index contributed by atoms with van der Waals surface area (Å²) in [6.45, 7) is 0.978. The largest absolute Gasteiger partial charge is 0.508 e. The summed E-state index contributed by atoms with van der Waals surface area (Å²) in [6, 6.07) is 19.6. The van der Waals surface area contributed by atoms with Gasteiger partial charge in [-0.2, -0.15) is 0 Å². The van der Waals surface area contributed by atoms with Crippen molar-refractivity contribution in [2.75, 3.05) is 13.2 Å².